The summed E-state index contributed by atoms with van der Waals surface area (Å²) in [5.74, 6) is 0.871. The highest BCUT2D eigenvalue weighted by atomic mass is 16.6. The number of nitrogens with zero attached hydrogens (tertiary/aromatic N) is 9. The van der Waals surface area contributed by atoms with Crippen LogP contribution < -0.4 is 4.90 Å². The van der Waals surface area contributed by atoms with Gasteiger partial charge in [-0.1, -0.05) is 5.21 Å². The molecule has 11 nitrogen and oxygen atoms in total. The van der Waals surface area contributed by atoms with Crippen molar-refractivity contribution in [3.8, 4) is 22.4 Å². The van der Waals surface area contributed by atoms with E-state index >= 15 is 0 Å². The molecule has 0 spiro atoms. The molecule has 4 aromatic heterocycles. The summed E-state index contributed by atoms with van der Waals surface area (Å²) >= 11 is 0. The molecule has 0 unspecified atom stereocenters. The van der Waals surface area contributed by atoms with E-state index in [1.807, 2.05) is 60.8 Å². The van der Waals surface area contributed by atoms with Crippen LogP contribution in [0.15, 0.2) is 48.0 Å². The Morgan fingerprint density at radius 2 is 1.87 bits per heavy atom. The topological polar surface area (TPSA) is 106 Å². The Hall–Kier alpha value is -4.28. The monoisotopic (exact) mass is 529 g/mol. The average Bonchev–Trinajstić information content (AvgIpc) is 3.56. The number of ether oxygens (including phenoxy) is 1. The molecule has 1 fully saturated rings. The maximum atomic E-state index is 12.4. The van der Waals surface area contributed by atoms with Crippen LogP contribution in [-0.4, -0.2) is 79.1 Å². The van der Waals surface area contributed by atoms with Crippen molar-refractivity contribution >= 4 is 24.1 Å². The SMILES string of the molecule is C=NCc1cnn2cc(-c3cn(C(C)C)nn3)cc(-c3ccc(N4CCN(C(=O)OC(C)(C)C)CC4)nc3)c12. The molecule has 11 heteroatoms. The average molecular weight is 530 g/mol. The third kappa shape index (κ3) is 5.62. The summed E-state index contributed by atoms with van der Waals surface area (Å²) in [6.45, 7) is 16.5. The van der Waals surface area contributed by atoms with Gasteiger partial charge in [-0.3, -0.25) is 4.99 Å². The van der Waals surface area contributed by atoms with Gasteiger partial charge in [-0.05, 0) is 59.5 Å². The summed E-state index contributed by atoms with van der Waals surface area (Å²) in [5.41, 5.74) is 5.07. The molecule has 0 radical (unpaired) electrons. The molecule has 4 aromatic rings. The molecule has 0 aromatic carbocycles. The highest BCUT2D eigenvalue weighted by Gasteiger charge is 2.26. The lowest BCUT2D eigenvalue weighted by molar-refractivity contribution is 0.0240. The molecule has 204 valence electrons. The van der Waals surface area contributed by atoms with Gasteiger partial charge in [0.25, 0.3) is 0 Å². The molecule has 0 N–H and O–H groups in total. The lowest BCUT2D eigenvalue weighted by atomic mass is 10.0. The molecule has 1 aliphatic rings. The smallest absolute Gasteiger partial charge is 0.410 e. The number of aliphatic imine (C=N–C) groups is 1. The standard InChI is InChI=1S/C28H35N9O2/c1-19(2)36-18-24(32-33-36)21-13-23(26-22(14-29-6)16-31-37(26)17-21)20-7-8-25(30-15-20)34-9-11-35(12-10-34)27(38)39-28(3,4)5/h7-8,13,15-19H,6,9-12,14H2,1-5H3. The molecular weight excluding hydrogens is 494 g/mol. The van der Waals surface area contributed by atoms with Crippen molar-refractivity contribution in [3.63, 3.8) is 0 Å². The van der Waals surface area contributed by atoms with Crippen LogP contribution in [0.2, 0.25) is 0 Å². The Labute approximate surface area is 228 Å². The fraction of sp³-hybridized carbons (Fsp3) is 0.429. The van der Waals surface area contributed by atoms with Gasteiger partial charge in [-0.2, -0.15) is 5.10 Å². The Morgan fingerprint density at radius 1 is 1.10 bits per heavy atom. The van der Waals surface area contributed by atoms with E-state index in [2.05, 4.69) is 58.0 Å². The minimum atomic E-state index is -0.504. The van der Waals surface area contributed by atoms with E-state index in [1.54, 1.807) is 4.90 Å². The first-order valence-electron chi connectivity index (χ1n) is 13.2. The summed E-state index contributed by atoms with van der Waals surface area (Å²) in [6.07, 6.45) is 7.36. The Bertz CT molecular complexity index is 1470. The number of aromatic nitrogens is 6. The highest BCUT2D eigenvalue weighted by molar-refractivity contribution is 5.85. The van der Waals surface area contributed by atoms with Gasteiger partial charge in [-0.25, -0.2) is 19.0 Å². The fourth-order valence-corrected chi connectivity index (χ4v) is 4.62. The number of amides is 1. The van der Waals surface area contributed by atoms with Gasteiger partial charge in [0.1, 0.15) is 17.1 Å². The lowest BCUT2D eigenvalue weighted by Crippen LogP contribution is -2.50. The molecule has 1 amide bonds. The van der Waals surface area contributed by atoms with Crippen LogP contribution in [-0.2, 0) is 11.3 Å². The highest BCUT2D eigenvalue weighted by Crippen LogP contribution is 2.32. The summed E-state index contributed by atoms with van der Waals surface area (Å²) in [5, 5.41) is 13.2. The zero-order valence-electron chi connectivity index (χ0n) is 23.2. The van der Waals surface area contributed by atoms with Crippen molar-refractivity contribution in [2.75, 3.05) is 31.1 Å². The van der Waals surface area contributed by atoms with Crippen LogP contribution in [0, 0.1) is 0 Å². The van der Waals surface area contributed by atoms with Crippen molar-refractivity contribution in [2.45, 2.75) is 52.8 Å². The number of rotatable bonds is 6. The van der Waals surface area contributed by atoms with Crippen LogP contribution in [0.25, 0.3) is 27.9 Å². The van der Waals surface area contributed by atoms with Crippen molar-refractivity contribution in [1.29, 1.82) is 0 Å². The second kappa shape index (κ2) is 10.5. The van der Waals surface area contributed by atoms with Gasteiger partial charge in [0.05, 0.1) is 24.5 Å². The molecular formula is C28H35N9O2. The number of pyridine rings is 2. The molecule has 0 atom stereocenters. The first-order chi connectivity index (χ1) is 18.6. The van der Waals surface area contributed by atoms with E-state index in [0.717, 1.165) is 39.3 Å². The van der Waals surface area contributed by atoms with Crippen LogP contribution in [0.5, 0.6) is 0 Å². The molecule has 1 aliphatic heterocycles. The van der Waals surface area contributed by atoms with Gasteiger partial charge in [0, 0.05) is 66.9 Å². The predicted octanol–water partition coefficient (Wildman–Crippen LogP) is 4.49. The third-order valence-electron chi connectivity index (χ3n) is 6.62. The van der Waals surface area contributed by atoms with Crippen molar-refractivity contribution in [3.05, 3.63) is 48.5 Å². The van der Waals surface area contributed by atoms with Crippen LogP contribution in [0.1, 0.15) is 46.2 Å². The Morgan fingerprint density at radius 3 is 2.49 bits per heavy atom. The summed E-state index contributed by atoms with van der Waals surface area (Å²) in [7, 11) is 0. The predicted molar refractivity (Wildman–Crippen MR) is 151 cm³/mol. The van der Waals surface area contributed by atoms with Crippen LogP contribution in [0.4, 0.5) is 10.6 Å². The number of anilines is 1. The van der Waals surface area contributed by atoms with E-state index < -0.39 is 5.60 Å². The Kier molecular flexibility index (Phi) is 7.07. The summed E-state index contributed by atoms with van der Waals surface area (Å²) in [6, 6.07) is 6.42. The lowest BCUT2D eigenvalue weighted by Gasteiger charge is -2.36. The zero-order chi connectivity index (χ0) is 27.7. The van der Waals surface area contributed by atoms with Crippen molar-refractivity contribution in [2.24, 2.45) is 4.99 Å². The minimum Gasteiger partial charge on any atom is -0.444 e. The molecule has 39 heavy (non-hydrogen) atoms. The van der Waals surface area contributed by atoms with Gasteiger partial charge in [-0.15, -0.1) is 5.10 Å². The van der Waals surface area contributed by atoms with Crippen LogP contribution >= 0.6 is 0 Å². The maximum absolute atomic E-state index is 12.4. The summed E-state index contributed by atoms with van der Waals surface area (Å²) in [4.78, 5) is 25.3. The van der Waals surface area contributed by atoms with Crippen molar-refractivity contribution in [1.82, 2.24) is 34.5 Å². The van der Waals surface area contributed by atoms with Gasteiger partial charge in [0.2, 0.25) is 0 Å². The first kappa shape index (κ1) is 26.3. The van der Waals surface area contributed by atoms with E-state index in [0.29, 0.717) is 32.7 Å². The number of piperazine rings is 1. The van der Waals surface area contributed by atoms with E-state index in [1.165, 1.54) is 0 Å². The van der Waals surface area contributed by atoms with E-state index in [9.17, 15) is 4.79 Å². The van der Waals surface area contributed by atoms with E-state index in [-0.39, 0.29) is 12.1 Å². The quantitative estimate of drug-likeness (QED) is 0.339. The molecule has 0 aliphatic carbocycles. The van der Waals surface area contributed by atoms with Gasteiger partial charge >= 0.3 is 6.09 Å². The largest absolute Gasteiger partial charge is 0.444 e. The molecule has 5 heterocycles. The number of hydrogen-bond acceptors (Lipinski definition) is 8. The zero-order valence-corrected chi connectivity index (χ0v) is 23.2. The third-order valence-corrected chi connectivity index (χ3v) is 6.62. The van der Waals surface area contributed by atoms with Crippen molar-refractivity contribution < 1.29 is 9.53 Å². The number of carbonyl (C=O) groups excluding carboxylic acids is 1. The fourth-order valence-electron chi connectivity index (χ4n) is 4.62. The molecule has 5 rings (SSSR count). The number of fused-ring (bicyclic) bond motifs is 1. The molecule has 1 saturated heterocycles. The Balaban J connectivity index is 1.41. The number of carbonyl (C=O) groups is 1. The van der Waals surface area contributed by atoms with Gasteiger partial charge < -0.3 is 14.5 Å². The second-order valence-electron chi connectivity index (χ2n) is 11.0. The second-order valence-corrected chi connectivity index (χ2v) is 11.0. The number of hydrogen-bond donors (Lipinski definition) is 0. The molecule has 0 bridgehead atoms. The van der Waals surface area contributed by atoms with Crippen LogP contribution in [0.3, 0.4) is 0 Å². The van der Waals surface area contributed by atoms with Gasteiger partial charge in [0.15, 0.2) is 0 Å². The maximum Gasteiger partial charge on any atom is 0.410 e. The minimum absolute atomic E-state index is 0.215. The summed E-state index contributed by atoms with van der Waals surface area (Å²) < 4.78 is 9.22. The normalized spacial score (nSPS) is 14.3. The first-order valence-corrected chi connectivity index (χ1v) is 13.2. The molecule has 0 saturated carbocycles. The van der Waals surface area contributed by atoms with E-state index in [4.69, 9.17) is 9.72 Å².